The van der Waals surface area contributed by atoms with Crippen molar-refractivity contribution in [2.45, 2.75) is 51.5 Å². The first-order chi connectivity index (χ1) is 13.7. The number of ether oxygens (including phenoxy) is 2. The molecule has 2 aliphatic heterocycles. The molecule has 0 spiro atoms. The molecular formula is C20H28N6O2. The first kappa shape index (κ1) is 18.7. The van der Waals surface area contributed by atoms with Crippen molar-refractivity contribution in [3.05, 3.63) is 41.5 Å². The van der Waals surface area contributed by atoms with Crippen LogP contribution >= 0.6 is 0 Å². The van der Waals surface area contributed by atoms with Crippen LogP contribution < -0.4 is 15.4 Å². The van der Waals surface area contributed by atoms with Gasteiger partial charge in [0.15, 0.2) is 11.8 Å². The molecule has 4 rings (SSSR count). The summed E-state index contributed by atoms with van der Waals surface area (Å²) in [4.78, 5) is 9.30. The number of methoxy groups -OCH3 is 1. The number of benzene rings is 1. The van der Waals surface area contributed by atoms with Gasteiger partial charge in [0.2, 0.25) is 0 Å². The quantitative estimate of drug-likeness (QED) is 0.577. The number of nitrogens with one attached hydrogen (secondary N) is 2. The number of nitrogens with zero attached hydrogens (tertiary/aromatic N) is 4. The molecule has 0 aliphatic carbocycles. The van der Waals surface area contributed by atoms with E-state index in [-0.39, 0.29) is 12.1 Å². The third kappa shape index (κ3) is 4.27. The second kappa shape index (κ2) is 8.60. The molecule has 0 fully saturated rings. The van der Waals surface area contributed by atoms with Gasteiger partial charge in [0.25, 0.3) is 0 Å². The molecule has 0 saturated carbocycles. The maximum atomic E-state index is 6.00. The van der Waals surface area contributed by atoms with E-state index in [9.17, 15) is 0 Å². The largest absolute Gasteiger partial charge is 0.488 e. The highest BCUT2D eigenvalue weighted by Crippen LogP contribution is 2.28. The van der Waals surface area contributed by atoms with Gasteiger partial charge in [0.1, 0.15) is 24.3 Å². The number of aliphatic imine (C=N–C) groups is 1. The van der Waals surface area contributed by atoms with Crippen LogP contribution in [0.15, 0.2) is 29.3 Å². The monoisotopic (exact) mass is 384 g/mol. The van der Waals surface area contributed by atoms with Gasteiger partial charge in [0.05, 0.1) is 13.1 Å². The number of aryl methyl sites for hydroxylation is 1. The van der Waals surface area contributed by atoms with E-state index in [2.05, 4.69) is 39.8 Å². The molecule has 2 unspecified atom stereocenters. The van der Waals surface area contributed by atoms with Gasteiger partial charge in [-0.3, -0.25) is 0 Å². The SMILES string of the molecule is CCNC(=NCC1Cc2ccccc2O1)NC1CCc2nc(COC)nn2C1. The topological polar surface area (TPSA) is 85.6 Å². The molecule has 8 nitrogen and oxygen atoms in total. The molecule has 2 atom stereocenters. The summed E-state index contributed by atoms with van der Waals surface area (Å²) in [5.41, 5.74) is 1.26. The first-order valence-corrected chi connectivity index (χ1v) is 9.96. The summed E-state index contributed by atoms with van der Waals surface area (Å²) in [5, 5.41) is 11.4. The van der Waals surface area contributed by atoms with Crippen molar-refractivity contribution in [3.63, 3.8) is 0 Å². The van der Waals surface area contributed by atoms with Gasteiger partial charge in [-0.25, -0.2) is 14.7 Å². The molecular weight excluding hydrogens is 356 g/mol. The van der Waals surface area contributed by atoms with Crippen LogP contribution in [0.1, 0.15) is 30.6 Å². The summed E-state index contributed by atoms with van der Waals surface area (Å²) in [6.45, 7) is 4.75. The predicted octanol–water partition coefficient (Wildman–Crippen LogP) is 1.30. The van der Waals surface area contributed by atoms with E-state index in [4.69, 9.17) is 14.5 Å². The molecule has 1 aromatic carbocycles. The summed E-state index contributed by atoms with van der Waals surface area (Å²) in [7, 11) is 1.66. The molecule has 8 heteroatoms. The Morgan fingerprint density at radius 1 is 1.39 bits per heavy atom. The van der Waals surface area contributed by atoms with Crippen LogP contribution in [0.25, 0.3) is 0 Å². The molecule has 0 amide bonds. The Kier molecular flexibility index (Phi) is 5.76. The highest BCUT2D eigenvalue weighted by atomic mass is 16.5. The molecule has 3 heterocycles. The van der Waals surface area contributed by atoms with Crippen molar-refractivity contribution in [3.8, 4) is 5.75 Å². The lowest BCUT2D eigenvalue weighted by Gasteiger charge is -2.25. The number of hydrogen-bond donors (Lipinski definition) is 2. The smallest absolute Gasteiger partial charge is 0.191 e. The maximum absolute atomic E-state index is 6.00. The lowest BCUT2D eigenvalue weighted by atomic mass is 10.1. The van der Waals surface area contributed by atoms with Gasteiger partial charge in [-0.15, -0.1) is 0 Å². The lowest BCUT2D eigenvalue weighted by molar-refractivity contribution is 0.177. The average Bonchev–Trinajstić information content (AvgIpc) is 3.29. The van der Waals surface area contributed by atoms with Crippen molar-refractivity contribution in [2.75, 3.05) is 20.2 Å². The number of para-hydroxylation sites is 1. The van der Waals surface area contributed by atoms with Crippen molar-refractivity contribution < 1.29 is 9.47 Å². The van der Waals surface area contributed by atoms with E-state index in [1.165, 1.54) is 5.56 Å². The summed E-state index contributed by atoms with van der Waals surface area (Å²) in [6.07, 6.45) is 2.90. The van der Waals surface area contributed by atoms with E-state index < -0.39 is 0 Å². The molecule has 1 aromatic heterocycles. The molecule has 2 N–H and O–H groups in total. The zero-order valence-electron chi connectivity index (χ0n) is 16.5. The normalized spacial score (nSPS) is 21.0. The summed E-state index contributed by atoms with van der Waals surface area (Å²) in [6, 6.07) is 8.48. The third-order valence-electron chi connectivity index (χ3n) is 5.03. The number of hydrogen-bond acceptors (Lipinski definition) is 5. The fourth-order valence-electron chi connectivity index (χ4n) is 3.73. The van der Waals surface area contributed by atoms with Crippen LogP contribution in [0.2, 0.25) is 0 Å². The maximum Gasteiger partial charge on any atom is 0.191 e. The summed E-state index contributed by atoms with van der Waals surface area (Å²) in [5.74, 6) is 3.59. The Bertz CT molecular complexity index is 809. The number of aromatic nitrogens is 3. The second-order valence-electron chi connectivity index (χ2n) is 7.21. The lowest BCUT2D eigenvalue weighted by Crippen LogP contribution is -2.47. The van der Waals surface area contributed by atoms with Crippen LogP contribution in [-0.4, -0.2) is 53.1 Å². The van der Waals surface area contributed by atoms with Crippen LogP contribution in [0, 0.1) is 0 Å². The van der Waals surface area contributed by atoms with Gasteiger partial charge in [-0.1, -0.05) is 18.2 Å². The Morgan fingerprint density at radius 3 is 3.11 bits per heavy atom. The molecule has 150 valence electrons. The number of guanidine groups is 1. The van der Waals surface area contributed by atoms with Gasteiger partial charge < -0.3 is 20.1 Å². The van der Waals surface area contributed by atoms with Crippen molar-refractivity contribution in [2.24, 2.45) is 4.99 Å². The molecule has 0 radical (unpaired) electrons. The standard InChI is InChI=1S/C20H28N6O2/c1-3-21-20(22-11-16-10-14-6-4-5-7-17(14)28-16)23-15-8-9-19-24-18(13-27-2)25-26(19)12-15/h4-7,15-16H,3,8-13H2,1-2H3,(H2,21,22,23). The molecule has 2 aromatic rings. The zero-order chi connectivity index (χ0) is 19.3. The van der Waals surface area contributed by atoms with Crippen LogP contribution in [0.5, 0.6) is 5.75 Å². The fraction of sp³-hybridized carbons (Fsp3) is 0.550. The fourth-order valence-corrected chi connectivity index (χ4v) is 3.73. The van der Waals surface area contributed by atoms with Gasteiger partial charge >= 0.3 is 0 Å². The predicted molar refractivity (Wildman–Crippen MR) is 107 cm³/mol. The Balaban J connectivity index is 1.35. The van der Waals surface area contributed by atoms with Crippen LogP contribution in [0.3, 0.4) is 0 Å². The van der Waals surface area contributed by atoms with E-state index in [0.717, 1.165) is 55.7 Å². The van der Waals surface area contributed by atoms with Crippen LogP contribution in [0.4, 0.5) is 0 Å². The zero-order valence-corrected chi connectivity index (χ0v) is 16.5. The van der Waals surface area contributed by atoms with Gasteiger partial charge in [0, 0.05) is 32.5 Å². The minimum atomic E-state index is 0.0951. The van der Waals surface area contributed by atoms with Crippen molar-refractivity contribution >= 4 is 5.96 Å². The van der Waals surface area contributed by atoms with Gasteiger partial charge in [-0.05, 0) is 25.0 Å². The van der Waals surface area contributed by atoms with Crippen LogP contribution in [-0.2, 0) is 30.7 Å². The minimum Gasteiger partial charge on any atom is -0.488 e. The summed E-state index contributed by atoms with van der Waals surface area (Å²) >= 11 is 0. The molecule has 28 heavy (non-hydrogen) atoms. The minimum absolute atomic E-state index is 0.0951. The molecule has 0 bridgehead atoms. The molecule has 2 aliphatic rings. The summed E-state index contributed by atoms with van der Waals surface area (Å²) < 4.78 is 13.1. The first-order valence-electron chi connectivity index (χ1n) is 9.96. The second-order valence-corrected chi connectivity index (χ2v) is 7.21. The van der Waals surface area contributed by atoms with Crippen molar-refractivity contribution in [1.29, 1.82) is 0 Å². The third-order valence-corrected chi connectivity index (χ3v) is 5.03. The van der Waals surface area contributed by atoms with Crippen molar-refractivity contribution in [1.82, 2.24) is 25.4 Å². The van der Waals surface area contributed by atoms with E-state index in [0.29, 0.717) is 13.2 Å². The molecule has 0 saturated heterocycles. The van der Waals surface area contributed by atoms with E-state index in [1.807, 2.05) is 16.8 Å². The highest BCUT2D eigenvalue weighted by molar-refractivity contribution is 5.80. The average molecular weight is 384 g/mol. The van der Waals surface area contributed by atoms with Gasteiger partial charge in [-0.2, -0.15) is 5.10 Å². The number of fused-ring (bicyclic) bond motifs is 2. The number of rotatable bonds is 6. The Morgan fingerprint density at radius 2 is 2.29 bits per heavy atom. The highest BCUT2D eigenvalue weighted by Gasteiger charge is 2.24. The van der Waals surface area contributed by atoms with E-state index >= 15 is 0 Å². The Labute approximate surface area is 165 Å². The Hall–Kier alpha value is -2.61. The van der Waals surface area contributed by atoms with E-state index in [1.54, 1.807) is 7.11 Å².